The Labute approximate surface area is 151 Å². The number of nitrogens with zero attached hydrogens (tertiary/aromatic N) is 1. The lowest BCUT2D eigenvalue weighted by Gasteiger charge is -2.21. The minimum absolute atomic E-state index is 0.0802. The number of rotatable bonds is 1. The average molecular weight is 368 g/mol. The fraction of sp³-hybridized carbons (Fsp3) is 0.471. The minimum Gasteiger partial charge on any atom is -0.444 e. The van der Waals surface area contributed by atoms with E-state index in [4.69, 9.17) is 15.2 Å². The van der Waals surface area contributed by atoms with Crippen molar-refractivity contribution in [1.82, 2.24) is 5.32 Å². The fourth-order valence-electron chi connectivity index (χ4n) is 1.63. The summed E-state index contributed by atoms with van der Waals surface area (Å²) in [6.45, 7) is 9.98. The summed E-state index contributed by atoms with van der Waals surface area (Å²) < 4.78 is 24.1. The molecular formula is C17H25FN4O4. The number of alkyl carbamates (subject to hydrolysis) is 1. The van der Waals surface area contributed by atoms with E-state index in [1.807, 2.05) is 0 Å². The number of nitrogen functional groups attached to an aromatic ring is 1. The second-order valence-electron chi connectivity index (χ2n) is 7.43. The zero-order valence-electron chi connectivity index (χ0n) is 15.8. The molecule has 26 heavy (non-hydrogen) atoms. The summed E-state index contributed by atoms with van der Waals surface area (Å²) in [6.07, 6.45) is -1.85. The largest absolute Gasteiger partial charge is 0.444 e. The number of hydrogen-bond acceptors (Lipinski definition) is 5. The smallest absolute Gasteiger partial charge is 0.437 e. The quantitative estimate of drug-likeness (QED) is 0.396. The fourth-order valence-corrected chi connectivity index (χ4v) is 1.63. The van der Waals surface area contributed by atoms with Gasteiger partial charge < -0.3 is 20.5 Å². The molecule has 144 valence electrons. The van der Waals surface area contributed by atoms with Crippen molar-refractivity contribution < 1.29 is 23.5 Å². The Balaban J connectivity index is 3.06. The molecule has 8 nitrogen and oxygen atoms in total. The van der Waals surface area contributed by atoms with Crippen LogP contribution in [0, 0.1) is 5.82 Å². The first-order valence-electron chi connectivity index (χ1n) is 7.89. The number of anilines is 2. The van der Waals surface area contributed by atoms with Gasteiger partial charge in [0.1, 0.15) is 17.0 Å². The van der Waals surface area contributed by atoms with E-state index in [9.17, 15) is 14.0 Å². The molecule has 9 heteroatoms. The molecule has 0 aromatic heterocycles. The van der Waals surface area contributed by atoms with Crippen LogP contribution >= 0.6 is 0 Å². The van der Waals surface area contributed by atoms with E-state index in [0.29, 0.717) is 0 Å². The number of amides is 2. The van der Waals surface area contributed by atoms with Crippen molar-refractivity contribution in [1.29, 1.82) is 0 Å². The number of carbonyl (C=O) groups is 2. The molecule has 0 spiro atoms. The number of ether oxygens (including phenoxy) is 2. The molecule has 1 aromatic carbocycles. The van der Waals surface area contributed by atoms with Crippen LogP contribution in [0.3, 0.4) is 0 Å². The highest BCUT2D eigenvalue weighted by atomic mass is 19.1. The highest BCUT2D eigenvalue weighted by Crippen LogP contribution is 2.17. The Morgan fingerprint density at radius 1 is 1.08 bits per heavy atom. The molecule has 0 atom stereocenters. The lowest BCUT2D eigenvalue weighted by atomic mass is 10.2. The van der Waals surface area contributed by atoms with Gasteiger partial charge in [-0.1, -0.05) is 0 Å². The molecule has 0 heterocycles. The maximum Gasteiger partial charge on any atom is 0.437 e. The molecule has 0 saturated carbocycles. The van der Waals surface area contributed by atoms with E-state index < -0.39 is 29.2 Å². The summed E-state index contributed by atoms with van der Waals surface area (Å²) in [6, 6.07) is 3.79. The Kier molecular flexibility index (Phi) is 6.55. The van der Waals surface area contributed by atoms with Gasteiger partial charge in [-0.05, 0) is 59.7 Å². The third-order valence-corrected chi connectivity index (χ3v) is 2.46. The maximum atomic E-state index is 13.9. The third-order valence-electron chi connectivity index (χ3n) is 2.46. The highest BCUT2D eigenvalue weighted by molar-refractivity contribution is 6.06. The van der Waals surface area contributed by atoms with E-state index in [2.05, 4.69) is 15.6 Å². The van der Waals surface area contributed by atoms with E-state index in [1.165, 1.54) is 12.1 Å². The molecule has 0 fully saturated rings. The number of nitrogens with one attached hydrogen (secondary N) is 2. The first kappa shape index (κ1) is 21.2. The van der Waals surface area contributed by atoms with E-state index in [1.54, 1.807) is 41.5 Å². The highest BCUT2D eigenvalue weighted by Gasteiger charge is 2.21. The van der Waals surface area contributed by atoms with Crippen molar-refractivity contribution in [3.63, 3.8) is 0 Å². The van der Waals surface area contributed by atoms with Crippen LogP contribution < -0.4 is 16.4 Å². The van der Waals surface area contributed by atoms with Crippen molar-refractivity contribution in [3.05, 3.63) is 24.0 Å². The van der Waals surface area contributed by atoms with Crippen LogP contribution in [0.1, 0.15) is 41.5 Å². The summed E-state index contributed by atoms with van der Waals surface area (Å²) >= 11 is 0. The van der Waals surface area contributed by atoms with Gasteiger partial charge >= 0.3 is 12.2 Å². The molecule has 4 N–H and O–H groups in total. The molecule has 1 aromatic rings. The van der Waals surface area contributed by atoms with Crippen molar-refractivity contribution in [2.24, 2.45) is 4.99 Å². The Bertz CT molecular complexity index is 706. The van der Waals surface area contributed by atoms with Gasteiger partial charge in [0.2, 0.25) is 5.96 Å². The number of guanidine groups is 1. The summed E-state index contributed by atoms with van der Waals surface area (Å²) in [7, 11) is 0. The molecule has 0 aliphatic heterocycles. The first-order chi connectivity index (χ1) is 11.7. The second-order valence-corrected chi connectivity index (χ2v) is 7.43. The van der Waals surface area contributed by atoms with Gasteiger partial charge in [0, 0.05) is 5.69 Å². The molecule has 0 aliphatic carbocycles. The SMILES string of the molecule is CC(C)(C)OC(=O)/N=C(/NC(=O)OC(C)(C)C)Nc1cc(N)ccc1F. The van der Waals surface area contributed by atoms with Crippen molar-refractivity contribution >= 4 is 29.5 Å². The summed E-state index contributed by atoms with van der Waals surface area (Å²) in [4.78, 5) is 27.5. The molecule has 0 aliphatic rings. The topological polar surface area (TPSA) is 115 Å². The van der Waals surface area contributed by atoms with Crippen LogP contribution in [0.5, 0.6) is 0 Å². The number of hydrogen-bond donors (Lipinski definition) is 3. The Morgan fingerprint density at radius 2 is 1.65 bits per heavy atom. The summed E-state index contributed by atoms with van der Waals surface area (Å²) in [5.74, 6) is -1.01. The Morgan fingerprint density at radius 3 is 2.19 bits per heavy atom. The van der Waals surface area contributed by atoms with E-state index in [0.717, 1.165) is 6.07 Å². The lowest BCUT2D eigenvalue weighted by Crippen LogP contribution is -2.40. The van der Waals surface area contributed by atoms with Crippen molar-refractivity contribution in [3.8, 4) is 0 Å². The van der Waals surface area contributed by atoms with Gasteiger partial charge in [0.25, 0.3) is 0 Å². The predicted octanol–water partition coefficient (Wildman–Crippen LogP) is 3.64. The first-order valence-corrected chi connectivity index (χ1v) is 7.89. The van der Waals surface area contributed by atoms with Gasteiger partial charge in [0.15, 0.2) is 0 Å². The Hall–Kier alpha value is -2.84. The molecular weight excluding hydrogens is 343 g/mol. The standard InChI is InChI=1S/C17H25FN4O4/c1-16(2,3)25-14(23)21-13(22-15(24)26-17(4,5)6)20-12-9-10(19)7-8-11(12)18/h7-9H,19H2,1-6H3,(H2,20,21,22,23,24). The number of benzene rings is 1. The maximum absolute atomic E-state index is 13.9. The summed E-state index contributed by atoms with van der Waals surface area (Å²) in [5, 5.41) is 4.76. The van der Waals surface area contributed by atoms with Gasteiger partial charge in [-0.2, -0.15) is 0 Å². The van der Waals surface area contributed by atoms with Gasteiger partial charge in [-0.15, -0.1) is 4.99 Å². The molecule has 0 saturated heterocycles. The molecule has 0 unspecified atom stereocenters. The normalized spacial score (nSPS) is 12.3. The van der Waals surface area contributed by atoms with E-state index >= 15 is 0 Å². The van der Waals surface area contributed by atoms with Crippen LogP contribution in [-0.4, -0.2) is 29.3 Å². The predicted molar refractivity (Wildman–Crippen MR) is 97.5 cm³/mol. The van der Waals surface area contributed by atoms with E-state index in [-0.39, 0.29) is 17.3 Å². The molecule has 0 radical (unpaired) electrons. The van der Waals surface area contributed by atoms with Crippen LogP contribution in [0.15, 0.2) is 23.2 Å². The van der Waals surface area contributed by atoms with Gasteiger partial charge in [-0.3, -0.25) is 5.32 Å². The number of aliphatic imine (C=N–C) groups is 1. The number of carbonyl (C=O) groups excluding carboxylic acids is 2. The average Bonchev–Trinajstić information content (AvgIpc) is 2.38. The van der Waals surface area contributed by atoms with Crippen LogP contribution in [-0.2, 0) is 9.47 Å². The van der Waals surface area contributed by atoms with Crippen LogP contribution in [0.4, 0.5) is 25.4 Å². The second kappa shape index (κ2) is 8.03. The van der Waals surface area contributed by atoms with Crippen LogP contribution in [0.25, 0.3) is 0 Å². The molecule has 2 amide bonds. The zero-order valence-corrected chi connectivity index (χ0v) is 15.8. The van der Waals surface area contributed by atoms with Crippen LogP contribution in [0.2, 0.25) is 0 Å². The lowest BCUT2D eigenvalue weighted by molar-refractivity contribution is 0.0562. The summed E-state index contributed by atoms with van der Waals surface area (Å²) in [5.41, 5.74) is 4.26. The zero-order chi connectivity index (χ0) is 20.1. The number of nitrogens with two attached hydrogens (primary N) is 1. The van der Waals surface area contributed by atoms with Gasteiger partial charge in [-0.25, -0.2) is 14.0 Å². The monoisotopic (exact) mass is 368 g/mol. The van der Waals surface area contributed by atoms with Crippen molar-refractivity contribution in [2.75, 3.05) is 11.1 Å². The third kappa shape index (κ3) is 8.32. The minimum atomic E-state index is -0.972. The number of halogens is 1. The molecule has 0 bridgehead atoms. The van der Waals surface area contributed by atoms with Gasteiger partial charge in [0.05, 0.1) is 5.69 Å². The van der Waals surface area contributed by atoms with Crippen molar-refractivity contribution in [2.45, 2.75) is 52.7 Å². The molecule has 1 rings (SSSR count).